The highest BCUT2D eigenvalue weighted by Crippen LogP contribution is 2.06. The summed E-state index contributed by atoms with van der Waals surface area (Å²) >= 11 is 0. The molecule has 0 heteroatoms. The monoisotopic (exact) mass is 139 g/mol. The van der Waals surface area contributed by atoms with E-state index in [4.69, 9.17) is 0 Å². The topological polar surface area (TPSA) is 0 Å². The van der Waals surface area contributed by atoms with Gasteiger partial charge in [0.15, 0.2) is 0 Å². The lowest BCUT2D eigenvalue weighted by Crippen LogP contribution is -1.85. The minimum atomic E-state index is 0.835. The zero-order valence-corrected chi connectivity index (χ0v) is 7.65. The summed E-state index contributed by atoms with van der Waals surface area (Å²) in [6.07, 6.45) is 6.99. The van der Waals surface area contributed by atoms with Gasteiger partial charge in [0.1, 0.15) is 0 Å². The van der Waals surface area contributed by atoms with Gasteiger partial charge in [0.05, 0.1) is 0 Å². The van der Waals surface area contributed by atoms with Gasteiger partial charge in [0.2, 0.25) is 0 Å². The molecule has 0 aromatic heterocycles. The van der Waals surface area contributed by atoms with Crippen LogP contribution in [0.2, 0.25) is 0 Å². The number of rotatable bonds is 4. The molecule has 0 aromatic rings. The fourth-order valence-corrected chi connectivity index (χ4v) is 0.749. The molecule has 0 saturated carbocycles. The first-order chi connectivity index (χ1) is 4.63. The van der Waals surface area contributed by atoms with Crippen LogP contribution in [0.1, 0.15) is 40.5 Å². The molecule has 0 saturated heterocycles. The van der Waals surface area contributed by atoms with Crippen LogP contribution < -0.4 is 0 Å². The van der Waals surface area contributed by atoms with Crippen molar-refractivity contribution >= 4 is 0 Å². The number of hydrogen-bond acceptors (Lipinski definition) is 0. The van der Waals surface area contributed by atoms with Crippen molar-refractivity contribution in [2.24, 2.45) is 5.92 Å². The van der Waals surface area contributed by atoms with Crippen LogP contribution in [0, 0.1) is 12.3 Å². The number of hydrogen-bond donors (Lipinski definition) is 0. The lowest BCUT2D eigenvalue weighted by molar-refractivity contribution is 0.586. The standard InChI is InChI=1S/C10H19/c1-9(2)7-5-6-8-10(3)4/h5,7,10H,6,8H2,1-4H3. The van der Waals surface area contributed by atoms with Crippen molar-refractivity contribution in [3.8, 4) is 0 Å². The third kappa shape index (κ3) is 7.74. The Hall–Kier alpha value is -0.260. The van der Waals surface area contributed by atoms with Crippen molar-refractivity contribution in [3.63, 3.8) is 0 Å². The molecule has 0 rings (SSSR count). The van der Waals surface area contributed by atoms with Gasteiger partial charge in [-0.15, -0.1) is 0 Å². The molecule has 10 heavy (non-hydrogen) atoms. The Labute approximate surface area is 65.3 Å². The van der Waals surface area contributed by atoms with Crippen molar-refractivity contribution in [2.75, 3.05) is 0 Å². The lowest BCUT2D eigenvalue weighted by Gasteiger charge is -2.00. The van der Waals surface area contributed by atoms with Crippen LogP contribution in [0.5, 0.6) is 0 Å². The molecule has 0 aliphatic carbocycles. The second kappa shape index (κ2) is 5.52. The maximum absolute atomic E-state index is 2.26. The van der Waals surface area contributed by atoms with E-state index in [0.29, 0.717) is 0 Å². The van der Waals surface area contributed by atoms with Gasteiger partial charge >= 0.3 is 0 Å². The molecule has 0 aromatic carbocycles. The van der Waals surface area contributed by atoms with Gasteiger partial charge in [-0.05, 0) is 32.6 Å². The second-order valence-electron chi connectivity index (χ2n) is 3.45. The van der Waals surface area contributed by atoms with Crippen LogP contribution >= 0.6 is 0 Å². The Bertz CT molecular complexity index is 94.6. The van der Waals surface area contributed by atoms with E-state index in [1.165, 1.54) is 18.4 Å². The molecule has 59 valence electrons. The SMILES string of the molecule is CC(C)=C[CH]CCC(C)C. The lowest BCUT2D eigenvalue weighted by atomic mass is 10.1. The number of allylic oxidation sites excluding steroid dienone is 2. The highest BCUT2D eigenvalue weighted by Gasteiger charge is 1.91. The van der Waals surface area contributed by atoms with Crippen molar-refractivity contribution in [3.05, 3.63) is 18.1 Å². The van der Waals surface area contributed by atoms with Gasteiger partial charge in [-0.2, -0.15) is 0 Å². The summed E-state index contributed by atoms with van der Waals surface area (Å²) in [5, 5.41) is 0. The zero-order valence-electron chi connectivity index (χ0n) is 7.65. The molecule has 0 amide bonds. The molecular formula is C10H19. The van der Waals surface area contributed by atoms with E-state index < -0.39 is 0 Å². The minimum Gasteiger partial charge on any atom is -0.0822 e. The van der Waals surface area contributed by atoms with E-state index in [1.807, 2.05) is 0 Å². The van der Waals surface area contributed by atoms with Crippen molar-refractivity contribution in [1.29, 1.82) is 0 Å². The molecule has 0 unspecified atom stereocenters. The highest BCUT2D eigenvalue weighted by molar-refractivity contribution is 5.02. The molecule has 0 aliphatic rings. The molecule has 0 aliphatic heterocycles. The van der Waals surface area contributed by atoms with Crippen LogP contribution in [0.3, 0.4) is 0 Å². The fourth-order valence-electron chi connectivity index (χ4n) is 0.749. The van der Waals surface area contributed by atoms with Crippen LogP contribution in [-0.2, 0) is 0 Å². The van der Waals surface area contributed by atoms with E-state index in [0.717, 1.165) is 5.92 Å². The van der Waals surface area contributed by atoms with Crippen LogP contribution in [0.4, 0.5) is 0 Å². The Morgan fingerprint density at radius 3 is 2.30 bits per heavy atom. The third-order valence-electron chi connectivity index (χ3n) is 1.36. The first-order valence-electron chi connectivity index (χ1n) is 4.09. The average molecular weight is 139 g/mol. The molecule has 0 bridgehead atoms. The number of unbranched alkanes of at least 4 members (excludes halogenated alkanes) is 1. The second-order valence-corrected chi connectivity index (χ2v) is 3.45. The summed E-state index contributed by atoms with van der Waals surface area (Å²) in [6.45, 7) is 8.78. The smallest absolute Gasteiger partial charge is 0.0168 e. The summed E-state index contributed by atoms with van der Waals surface area (Å²) in [6, 6.07) is 0. The molecular weight excluding hydrogens is 120 g/mol. The molecule has 0 atom stereocenters. The normalized spacial score (nSPS) is 10.1. The van der Waals surface area contributed by atoms with Gasteiger partial charge in [-0.1, -0.05) is 31.9 Å². The van der Waals surface area contributed by atoms with Gasteiger partial charge < -0.3 is 0 Å². The zero-order chi connectivity index (χ0) is 7.98. The Balaban J connectivity index is 3.13. The van der Waals surface area contributed by atoms with Gasteiger partial charge in [-0.25, -0.2) is 0 Å². The van der Waals surface area contributed by atoms with Gasteiger partial charge in [0, 0.05) is 0 Å². The molecule has 0 heterocycles. The molecule has 1 radical (unpaired) electrons. The predicted octanol–water partition coefficient (Wildman–Crippen LogP) is 3.59. The van der Waals surface area contributed by atoms with Crippen molar-refractivity contribution < 1.29 is 0 Å². The first kappa shape index (κ1) is 9.74. The molecule has 0 N–H and O–H groups in total. The average Bonchev–Trinajstić information content (AvgIpc) is 1.79. The van der Waals surface area contributed by atoms with Crippen LogP contribution in [-0.4, -0.2) is 0 Å². The van der Waals surface area contributed by atoms with E-state index in [-0.39, 0.29) is 0 Å². The Morgan fingerprint density at radius 1 is 1.30 bits per heavy atom. The largest absolute Gasteiger partial charge is 0.0822 e. The summed E-state index contributed by atoms with van der Waals surface area (Å²) < 4.78 is 0. The van der Waals surface area contributed by atoms with Crippen LogP contribution in [0.15, 0.2) is 11.6 Å². The van der Waals surface area contributed by atoms with E-state index in [2.05, 4.69) is 40.2 Å². The quantitative estimate of drug-likeness (QED) is 0.522. The van der Waals surface area contributed by atoms with Crippen molar-refractivity contribution in [2.45, 2.75) is 40.5 Å². The van der Waals surface area contributed by atoms with Crippen molar-refractivity contribution in [1.82, 2.24) is 0 Å². The maximum atomic E-state index is 2.26. The minimum absolute atomic E-state index is 0.835. The summed E-state index contributed by atoms with van der Waals surface area (Å²) in [4.78, 5) is 0. The predicted molar refractivity (Wildman–Crippen MR) is 47.8 cm³/mol. The molecule has 0 nitrogen and oxygen atoms in total. The first-order valence-corrected chi connectivity index (χ1v) is 4.09. The van der Waals surface area contributed by atoms with E-state index in [9.17, 15) is 0 Å². The maximum Gasteiger partial charge on any atom is -0.0168 e. The van der Waals surface area contributed by atoms with E-state index >= 15 is 0 Å². The Kier molecular flexibility index (Phi) is 5.38. The van der Waals surface area contributed by atoms with Gasteiger partial charge in [0.25, 0.3) is 0 Å². The molecule has 0 fully saturated rings. The summed E-state index contributed by atoms with van der Waals surface area (Å²) in [5.74, 6) is 0.835. The third-order valence-corrected chi connectivity index (χ3v) is 1.36. The van der Waals surface area contributed by atoms with Gasteiger partial charge in [-0.3, -0.25) is 0 Å². The van der Waals surface area contributed by atoms with E-state index in [1.54, 1.807) is 0 Å². The fraction of sp³-hybridized carbons (Fsp3) is 0.700. The highest BCUT2D eigenvalue weighted by atomic mass is 14.0. The Morgan fingerprint density at radius 2 is 1.90 bits per heavy atom. The summed E-state index contributed by atoms with van der Waals surface area (Å²) in [5.41, 5.74) is 1.39. The summed E-state index contributed by atoms with van der Waals surface area (Å²) in [7, 11) is 0. The molecule has 0 spiro atoms. The van der Waals surface area contributed by atoms with Crippen LogP contribution in [0.25, 0.3) is 0 Å².